The van der Waals surface area contributed by atoms with Crippen LogP contribution in [0.2, 0.25) is 0 Å². The van der Waals surface area contributed by atoms with E-state index in [9.17, 15) is 22.8 Å². The summed E-state index contributed by atoms with van der Waals surface area (Å²) in [5, 5.41) is 8.56. The quantitative estimate of drug-likeness (QED) is 0.832. The highest BCUT2D eigenvalue weighted by atomic mass is 19.4. The third-order valence-electron chi connectivity index (χ3n) is 2.78. The van der Waals surface area contributed by atoms with E-state index in [-0.39, 0.29) is 25.4 Å². The summed E-state index contributed by atoms with van der Waals surface area (Å²) in [6.45, 7) is 0.430. The van der Waals surface area contributed by atoms with Gasteiger partial charge in [0.05, 0.1) is 0 Å². The van der Waals surface area contributed by atoms with Crippen molar-refractivity contribution in [2.24, 2.45) is 5.92 Å². The first kappa shape index (κ1) is 13.8. The van der Waals surface area contributed by atoms with Crippen LogP contribution in [-0.4, -0.2) is 41.1 Å². The standard InChI is InChI=1S/C10H14F3NO3/c11-10(12,13)6-8(15)14-3-1-7(2-4-14)5-9(16)17/h7H,1-6H2,(H,16,17). The van der Waals surface area contributed by atoms with E-state index in [1.54, 1.807) is 0 Å². The molecular formula is C10H14F3NO3. The fraction of sp³-hybridized carbons (Fsp3) is 0.800. The Morgan fingerprint density at radius 1 is 1.24 bits per heavy atom. The summed E-state index contributed by atoms with van der Waals surface area (Å²) < 4.78 is 36.0. The first-order valence-corrected chi connectivity index (χ1v) is 5.34. The van der Waals surface area contributed by atoms with E-state index in [1.165, 1.54) is 0 Å². The molecule has 0 bridgehead atoms. The molecule has 0 radical (unpaired) electrons. The molecule has 0 spiro atoms. The lowest BCUT2D eigenvalue weighted by atomic mass is 9.93. The summed E-state index contributed by atoms with van der Waals surface area (Å²) in [6.07, 6.45) is -4.99. The Morgan fingerprint density at radius 2 is 1.76 bits per heavy atom. The van der Waals surface area contributed by atoms with E-state index in [0.29, 0.717) is 12.8 Å². The largest absolute Gasteiger partial charge is 0.481 e. The molecule has 7 heteroatoms. The van der Waals surface area contributed by atoms with E-state index in [0.717, 1.165) is 4.90 Å². The highest BCUT2D eigenvalue weighted by Crippen LogP contribution is 2.24. The number of hydrogen-bond acceptors (Lipinski definition) is 2. The molecule has 1 N–H and O–H groups in total. The Hall–Kier alpha value is -1.27. The molecule has 0 aliphatic carbocycles. The van der Waals surface area contributed by atoms with Crippen LogP contribution >= 0.6 is 0 Å². The van der Waals surface area contributed by atoms with Gasteiger partial charge >= 0.3 is 12.1 Å². The van der Waals surface area contributed by atoms with Crippen molar-refractivity contribution >= 4 is 11.9 Å². The monoisotopic (exact) mass is 253 g/mol. The minimum absolute atomic E-state index is 0.0152. The van der Waals surface area contributed by atoms with E-state index < -0.39 is 24.5 Å². The van der Waals surface area contributed by atoms with Crippen LogP contribution in [0.5, 0.6) is 0 Å². The molecule has 1 fully saturated rings. The molecule has 0 unspecified atom stereocenters. The average molecular weight is 253 g/mol. The first-order valence-electron chi connectivity index (χ1n) is 5.34. The van der Waals surface area contributed by atoms with Gasteiger partial charge in [-0.3, -0.25) is 9.59 Å². The molecule has 1 aliphatic rings. The predicted molar refractivity (Wildman–Crippen MR) is 52.2 cm³/mol. The van der Waals surface area contributed by atoms with Crippen molar-refractivity contribution in [3.63, 3.8) is 0 Å². The Bertz CT molecular complexity index is 296. The van der Waals surface area contributed by atoms with Crippen LogP contribution in [0, 0.1) is 5.92 Å². The lowest BCUT2D eigenvalue weighted by Crippen LogP contribution is -2.40. The lowest BCUT2D eigenvalue weighted by molar-refractivity contribution is -0.162. The van der Waals surface area contributed by atoms with Gasteiger partial charge in [-0.2, -0.15) is 13.2 Å². The zero-order valence-corrected chi connectivity index (χ0v) is 9.16. The van der Waals surface area contributed by atoms with Gasteiger partial charge in [-0.1, -0.05) is 0 Å². The maximum Gasteiger partial charge on any atom is 0.397 e. The molecule has 0 aromatic carbocycles. The Balaban J connectivity index is 2.36. The molecular weight excluding hydrogens is 239 g/mol. The molecule has 1 heterocycles. The zero-order chi connectivity index (χ0) is 13.1. The molecule has 17 heavy (non-hydrogen) atoms. The fourth-order valence-electron chi connectivity index (χ4n) is 1.92. The molecule has 0 saturated carbocycles. The van der Waals surface area contributed by atoms with Crippen molar-refractivity contribution in [1.82, 2.24) is 4.90 Å². The van der Waals surface area contributed by atoms with Gasteiger partial charge < -0.3 is 10.0 Å². The second-order valence-electron chi connectivity index (χ2n) is 4.21. The van der Waals surface area contributed by atoms with Gasteiger partial charge in [-0.05, 0) is 18.8 Å². The van der Waals surface area contributed by atoms with E-state index in [2.05, 4.69) is 0 Å². The van der Waals surface area contributed by atoms with Crippen molar-refractivity contribution in [2.75, 3.05) is 13.1 Å². The highest BCUT2D eigenvalue weighted by Gasteiger charge is 2.34. The Kier molecular flexibility index (Phi) is 4.36. The zero-order valence-electron chi connectivity index (χ0n) is 9.16. The van der Waals surface area contributed by atoms with Crippen LogP contribution in [0.4, 0.5) is 13.2 Å². The molecule has 1 amide bonds. The van der Waals surface area contributed by atoms with Crippen LogP contribution < -0.4 is 0 Å². The summed E-state index contributed by atoms with van der Waals surface area (Å²) in [5.41, 5.74) is 0. The maximum atomic E-state index is 12.0. The molecule has 0 aromatic heterocycles. The normalized spacial score (nSPS) is 18.2. The van der Waals surface area contributed by atoms with Crippen LogP contribution in [0.25, 0.3) is 0 Å². The van der Waals surface area contributed by atoms with Crippen molar-refractivity contribution in [3.05, 3.63) is 0 Å². The SMILES string of the molecule is O=C(O)CC1CCN(C(=O)CC(F)(F)F)CC1. The second-order valence-corrected chi connectivity index (χ2v) is 4.21. The van der Waals surface area contributed by atoms with Gasteiger partial charge in [0.1, 0.15) is 6.42 Å². The van der Waals surface area contributed by atoms with Gasteiger partial charge in [0.2, 0.25) is 5.91 Å². The molecule has 0 aromatic rings. The van der Waals surface area contributed by atoms with E-state index in [4.69, 9.17) is 5.11 Å². The van der Waals surface area contributed by atoms with Crippen LogP contribution in [0.1, 0.15) is 25.7 Å². The van der Waals surface area contributed by atoms with Crippen LogP contribution in [-0.2, 0) is 9.59 Å². The molecule has 1 rings (SSSR count). The number of alkyl halides is 3. The first-order chi connectivity index (χ1) is 7.78. The van der Waals surface area contributed by atoms with Gasteiger partial charge in [0, 0.05) is 19.5 Å². The fourth-order valence-corrected chi connectivity index (χ4v) is 1.92. The molecule has 0 atom stereocenters. The number of carbonyl (C=O) groups excluding carboxylic acids is 1. The van der Waals surface area contributed by atoms with Crippen LogP contribution in [0.3, 0.4) is 0 Å². The number of nitrogens with zero attached hydrogens (tertiary/aromatic N) is 1. The summed E-state index contributed by atoms with van der Waals surface area (Å²) in [5.74, 6) is -1.88. The van der Waals surface area contributed by atoms with Crippen molar-refractivity contribution in [3.8, 4) is 0 Å². The summed E-state index contributed by atoms with van der Waals surface area (Å²) in [7, 11) is 0. The minimum Gasteiger partial charge on any atom is -0.481 e. The van der Waals surface area contributed by atoms with Gasteiger partial charge in [0.25, 0.3) is 0 Å². The maximum absolute atomic E-state index is 12.0. The molecule has 4 nitrogen and oxygen atoms in total. The number of carboxylic acids is 1. The van der Waals surface area contributed by atoms with Crippen molar-refractivity contribution in [2.45, 2.75) is 31.9 Å². The number of carbonyl (C=O) groups is 2. The average Bonchev–Trinajstić information content (AvgIpc) is 2.15. The van der Waals surface area contributed by atoms with Crippen LogP contribution in [0.15, 0.2) is 0 Å². The highest BCUT2D eigenvalue weighted by molar-refractivity contribution is 5.77. The second kappa shape index (κ2) is 5.37. The van der Waals surface area contributed by atoms with Crippen molar-refractivity contribution in [1.29, 1.82) is 0 Å². The number of piperidine rings is 1. The minimum atomic E-state index is -4.48. The van der Waals surface area contributed by atoms with E-state index in [1.807, 2.05) is 0 Å². The van der Waals surface area contributed by atoms with Gasteiger partial charge in [0.15, 0.2) is 0 Å². The third-order valence-corrected chi connectivity index (χ3v) is 2.78. The third kappa shape index (κ3) is 5.06. The Labute approximate surface area is 96.4 Å². The number of aliphatic carboxylic acids is 1. The number of carboxylic acid groups (broad SMARTS) is 1. The lowest BCUT2D eigenvalue weighted by Gasteiger charge is -2.31. The topological polar surface area (TPSA) is 57.6 Å². The summed E-state index contributed by atoms with van der Waals surface area (Å²) >= 11 is 0. The van der Waals surface area contributed by atoms with Crippen molar-refractivity contribution < 1.29 is 27.9 Å². The number of hydrogen-bond donors (Lipinski definition) is 1. The molecule has 1 aliphatic heterocycles. The number of halogens is 3. The molecule has 1 saturated heterocycles. The van der Waals surface area contributed by atoms with Gasteiger partial charge in [-0.25, -0.2) is 0 Å². The smallest absolute Gasteiger partial charge is 0.397 e. The van der Waals surface area contributed by atoms with E-state index >= 15 is 0 Å². The number of amides is 1. The summed E-state index contributed by atoms with van der Waals surface area (Å²) in [6, 6.07) is 0. The number of likely N-dealkylation sites (tertiary alicyclic amines) is 1. The summed E-state index contributed by atoms with van der Waals surface area (Å²) in [4.78, 5) is 22.8. The molecule has 98 valence electrons. The number of rotatable bonds is 3. The Morgan fingerprint density at radius 3 is 2.18 bits per heavy atom. The predicted octanol–water partition coefficient (Wildman–Crippen LogP) is 1.65. The van der Waals surface area contributed by atoms with Gasteiger partial charge in [-0.15, -0.1) is 0 Å².